The van der Waals surface area contributed by atoms with Crippen molar-refractivity contribution in [2.45, 2.75) is 55.4 Å². The lowest BCUT2D eigenvalue weighted by Crippen LogP contribution is -2.25. The molecule has 0 saturated heterocycles. The summed E-state index contributed by atoms with van der Waals surface area (Å²) in [7, 11) is 0. The Kier molecular flexibility index (Phi) is 12.0. The monoisotopic (exact) mass is 253 g/mol. The molecule has 0 bridgehead atoms. The zero-order chi connectivity index (χ0) is 14.6. The third-order valence-electron chi connectivity index (χ3n) is 1.94. The van der Waals surface area contributed by atoms with E-state index in [1.807, 2.05) is 20.8 Å². The molecule has 0 spiro atoms. The minimum Gasteiger partial charge on any atom is -0.385 e. The second kappa shape index (κ2) is 11.1. The number of allylic oxidation sites excluding steroid dienone is 5. The van der Waals surface area contributed by atoms with Crippen LogP contribution in [0.4, 0.5) is 0 Å². The molecule has 18 heavy (non-hydrogen) atoms. The fourth-order valence-electron chi connectivity index (χ4n) is 1.10. The van der Waals surface area contributed by atoms with Gasteiger partial charge in [-0.05, 0) is 30.4 Å². The van der Waals surface area contributed by atoms with E-state index >= 15 is 0 Å². The van der Waals surface area contributed by atoms with Gasteiger partial charge in [0.25, 0.3) is 0 Å². The van der Waals surface area contributed by atoms with Gasteiger partial charge in [-0.2, -0.15) is 0 Å². The smallest absolute Gasteiger partial charge is 0.0336 e. The summed E-state index contributed by atoms with van der Waals surface area (Å²) in [6.07, 6.45) is 10.6. The first-order valence-corrected chi connectivity index (χ1v) is 7.10. The fourth-order valence-corrected chi connectivity index (χ4v) is 1.10. The van der Waals surface area contributed by atoms with Crippen molar-refractivity contribution in [1.82, 2.24) is 5.32 Å². The van der Waals surface area contributed by atoms with Crippen molar-refractivity contribution in [3.63, 3.8) is 0 Å². The lowest BCUT2D eigenvalue weighted by atomic mass is 9.97. The van der Waals surface area contributed by atoms with Crippen LogP contribution in [0.5, 0.6) is 0 Å². The molecule has 0 radical (unpaired) electrons. The lowest BCUT2D eigenvalue weighted by molar-refractivity contribution is 0.399. The highest BCUT2D eigenvalue weighted by atomic mass is 14.9. The Morgan fingerprint density at radius 1 is 1.22 bits per heavy atom. The predicted octanol–water partition coefficient (Wildman–Crippen LogP) is 5.57. The van der Waals surface area contributed by atoms with Crippen molar-refractivity contribution in [3.05, 3.63) is 36.1 Å². The van der Waals surface area contributed by atoms with Crippen LogP contribution < -0.4 is 5.32 Å². The molecule has 0 aliphatic rings. The molecule has 0 aliphatic heterocycles. The Morgan fingerprint density at radius 2 is 1.78 bits per heavy atom. The Bertz CT molecular complexity index is 267. The van der Waals surface area contributed by atoms with E-state index in [0.717, 1.165) is 6.54 Å². The van der Waals surface area contributed by atoms with Crippen LogP contribution in [0.15, 0.2) is 36.1 Å². The highest BCUT2D eigenvalue weighted by Gasteiger charge is 2.08. The van der Waals surface area contributed by atoms with Crippen LogP contribution in [0.2, 0.25) is 0 Å². The highest BCUT2D eigenvalue weighted by molar-refractivity contribution is 5.22. The lowest BCUT2D eigenvalue weighted by Gasteiger charge is -2.20. The van der Waals surface area contributed by atoms with Crippen molar-refractivity contribution in [2.75, 3.05) is 6.54 Å². The topological polar surface area (TPSA) is 12.0 Å². The van der Waals surface area contributed by atoms with Gasteiger partial charge < -0.3 is 5.32 Å². The van der Waals surface area contributed by atoms with E-state index in [0.29, 0.717) is 11.3 Å². The van der Waals surface area contributed by atoms with E-state index < -0.39 is 0 Å². The molecule has 0 fully saturated rings. The molecule has 108 valence electrons. The Morgan fingerprint density at radius 3 is 2.17 bits per heavy atom. The van der Waals surface area contributed by atoms with Gasteiger partial charge in [-0.25, -0.2) is 0 Å². The van der Waals surface area contributed by atoms with E-state index in [2.05, 4.69) is 70.3 Å². The summed E-state index contributed by atoms with van der Waals surface area (Å²) in [4.78, 5) is 0. The summed E-state index contributed by atoms with van der Waals surface area (Å²) < 4.78 is 0. The standard InChI is InChI=1S/C15H27N.C2H6.H2/c1-7-9-14(11-8-10-13(2)3)16-12-15(4,5)6;1-2;/h7-11,13,16H,12H2,1-6H3;1-2H3;1H/b9-7-,10-8+,14-11+;;. The maximum absolute atomic E-state index is 3.46. The zero-order valence-corrected chi connectivity index (χ0v) is 13.7. The summed E-state index contributed by atoms with van der Waals surface area (Å²) in [5.74, 6) is 0.603. The van der Waals surface area contributed by atoms with Gasteiger partial charge in [0.1, 0.15) is 0 Å². The molecule has 0 aromatic rings. The van der Waals surface area contributed by atoms with Crippen molar-refractivity contribution in [3.8, 4) is 0 Å². The number of hydrogen-bond donors (Lipinski definition) is 1. The van der Waals surface area contributed by atoms with E-state index in [1.165, 1.54) is 5.70 Å². The average molecular weight is 253 g/mol. The van der Waals surface area contributed by atoms with Crippen LogP contribution in [0.3, 0.4) is 0 Å². The fraction of sp³-hybridized carbons (Fsp3) is 0.647. The second-order valence-corrected chi connectivity index (χ2v) is 5.67. The van der Waals surface area contributed by atoms with Crippen molar-refractivity contribution < 1.29 is 1.43 Å². The molecule has 0 amide bonds. The minimum absolute atomic E-state index is 0. The van der Waals surface area contributed by atoms with Gasteiger partial charge in [0.05, 0.1) is 0 Å². The molecule has 1 nitrogen and oxygen atoms in total. The maximum atomic E-state index is 3.46. The second-order valence-electron chi connectivity index (χ2n) is 5.67. The number of nitrogens with one attached hydrogen (secondary N) is 1. The van der Waals surface area contributed by atoms with Gasteiger partial charge in [0.2, 0.25) is 0 Å². The van der Waals surface area contributed by atoms with E-state index in [9.17, 15) is 0 Å². The van der Waals surface area contributed by atoms with Gasteiger partial charge in [-0.1, -0.05) is 66.7 Å². The maximum Gasteiger partial charge on any atom is 0.0336 e. The SMILES string of the molecule is CC.C\C=C/C(=C\C=C\C(C)C)NCC(C)(C)C.[HH]. The summed E-state index contributed by atoms with van der Waals surface area (Å²) in [5.41, 5.74) is 1.48. The first-order valence-electron chi connectivity index (χ1n) is 7.10. The quantitative estimate of drug-likeness (QED) is 0.632. The Labute approximate surface area is 117 Å². The third-order valence-corrected chi connectivity index (χ3v) is 1.94. The average Bonchev–Trinajstić information content (AvgIpc) is 2.27. The van der Waals surface area contributed by atoms with Gasteiger partial charge >= 0.3 is 0 Å². The summed E-state index contributed by atoms with van der Waals surface area (Å²) in [6, 6.07) is 0. The third kappa shape index (κ3) is 15.0. The van der Waals surface area contributed by atoms with Crippen molar-refractivity contribution in [1.29, 1.82) is 0 Å². The molecule has 0 aromatic heterocycles. The van der Waals surface area contributed by atoms with Crippen LogP contribution in [0, 0.1) is 11.3 Å². The van der Waals surface area contributed by atoms with Crippen LogP contribution in [-0.2, 0) is 0 Å². The predicted molar refractivity (Wildman–Crippen MR) is 87.8 cm³/mol. The molecule has 0 heterocycles. The molecule has 1 heteroatoms. The van der Waals surface area contributed by atoms with Crippen LogP contribution >= 0.6 is 0 Å². The summed E-state index contributed by atoms with van der Waals surface area (Å²) in [5, 5.41) is 3.46. The van der Waals surface area contributed by atoms with Crippen LogP contribution in [0.1, 0.15) is 56.8 Å². The van der Waals surface area contributed by atoms with Crippen molar-refractivity contribution >= 4 is 0 Å². The van der Waals surface area contributed by atoms with Crippen LogP contribution in [0.25, 0.3) is 0 Å². The Balaban J connectivity index is -0.000000809. The number of hydrogen-bond acceptors (Lipinski definition) is 1. The van der Waals surface area contributed by atoms with Gasteiger partial charge in [0, 0.05) is 13.7 Å². The molecule has 0 aromatic carbocycles. The van der Waals surface area contributed by atoms with Crippen LogP contribution in [-0.4, -0.2) is 6.54 Å². The zero-order valence-electron chi connectivity index (χ0n) is 13.7. The van der Waals surface area contributed by atoms with Crippen molar-refractivity contribution in [2.24, 2.45) is 11.3 Å². The highest BCUT2D eigenvalue weighted by Crippen LogP contribution is 2.11. The van der Waals surface area contributed by atoms with Gasteiger partial charge in [-0.3, -0.25) is 0 Å². The van der Waals surface area contributed by atoms with E-state index in [4.69, 9.17) is 0 Å². The van der Waals surface area contributed by atoms with E-state index in [1.54, 1.807) is 0 Å². The minimum atomic E-state index is 0. The van der Waals surface area contributed by atoms with E-state index in [-0.39, 0.29) is 1.43 Å². The molecule has 0 rings (SSSR count). The molecule has 0 aliphatic carbocycles. The van der Waals surface area contributed by atoms with Gasteiger partial charge in [0.15, 0.2) is 0 Å². The molecule has 0 atom stereocenters. The molecule has 0 unspecified atom stereocenters. The first-order chi connectivity index (χ1) is 8.35. The molecule has 1 N–H and O–H groups in total. The molecular formula is C17H35N. The summed E-state index contributed by atoms with van der Waals surface area (Å²) >= 11 is 0. The number of rotatable bonds is 5. The largest absolute Gasteiger partial charge is 0.385 e. The normalized spacial score (nSPS) is 13.1. The first kappa shape index (κ1) is 19.4. The Hall–Kier alpha value is -0.980. The molecule has 0 saturated carbocycles. The summed E-state index contributed by atoms with van der Waals surface area (Å²) in [6.45, 7) is 18.1. The van der Waals surface area contributed by atoms with Gasteiger partial charge in [-0.15, -0.1) is 0 Å². The molecular weight excluding hydrogens is 218 g/mol.